The van der Waals surface area contributed by atoms with Crippen molar-refractivity contribution >= 4 is 5.69 Å². The molecule has 0 aromatic heterocycles. The summed E-state index contributed by atoms with van der Waals surface area (Å²) in [5.41, 5.74) is 2.30. The maximum Gasteiger partial charge on any atom is 0.0807 e. The summed E-state index contributed by atoms with van der Waals surface area (Å²) in [6.45, 7) is 8.66. The summed E-state index contributed by atoms with van der Waals surface area (Å²) >= 11 is 0. The summed E-state index contributed by atoms with van der Waals surface area (Å²) in [4.78, 5) is 2.45. The van der Waals surface area contributed by atoms with E-state index in [4.69, 9.17) is 0 Å². The number of aliphatic hydroxyl groups excluding tert-OH is 1. The van der Waals surface area contributed by atoms with E-state index >= 15 is 0 Å². The molecule has 0 amide bonds. The second kappa shape index (κ2) is 8.98. The van der Waals surface area contributed by atoms with Crippen molar-refractivity contribution in [2.45, 2.75) is 59.0 Å². The molecule has 0 heterocycles. The monoisotopic (exact) mass is 263 g/mol. The van der Waals surface area contributed by atoms with Gasteiger partial charge in [-0.25, -0.2) is 0 Å². The first-order valence-electron chi connectivity index (χ1n) is 7.76. The predicted octanol–water partition coefficient (Wildman–Crippen LogP) is 4.54. The summed E-state index contributed by atoms with van der Waals surface area (Å²) in [5.74, 6) is 0. The molecule has 0 radical (unpaired) electrons. The fourth-order valence-electron chi connectivity index (χ4n) is 2.33. The Morgan fingerprint density at radius 2 is 1.58 bits per heavy atom. The first-order chi connectivity index (χ1) is 9.24. The molecule has 1 aromatic rings. The number of nitrogens with zero attached hydrogens (tertiary/aromatic N) is 1. The lowest BCUT2D eigenvalue weighted by molar-refractivity contribution is 0.174. The number of hydrogen-bond donors (Lipinski definition) is 1. The SMILES string of the molecule is CCCCN(CCCC)c1ccccc1[C@@H](O)CC. The van der Waals surface area contributed by atoms with Crippen LogP contribution in [-0.4, -0.2) is 18.2 Å². The third-order valence-corrected chi connectivity index (χ3v) is 3.59. The van der Waals surface area contributed by atoms with Crippen LogP contribution in [0.4, 0.5) is 5.69 Å². The summed E-state index contributed by atoms with van der Waals surface area (Å²) in [6.07, 6.45) is 5.26. The molecule has 0 aliphatic carbocycles. The van der Waals surface area contributed by atoms with E-state index in [1.165, 1.54) is 31.4 Å². The van der Waals surface area contributed by atoms with Gasteiger partial charge in [0.25, 0.3) is 0 Å². The molecule has 0 bridgehead atoms. The Kier molecular flexibility index (Phi) is 7.57. The lowest BCUT2D eigenvalue weighted by Crippen LogP contribution is -2.27. The van der Waals surface area contributed by atoms with Gasteiger partial charge >= 0.3 is 0 Å². The fourth-order valence-corrected chi connectivity index (χ4v) is 2.33. The topological polar surface area (TPSA) is 23.5 Å². The minimum absolute atomic E-state index is 0.345. The van der Waals surface area contributed by atoms with Gasteiger partial charge < -0.3 is 10.0 Å². The maximum absolute atomic E-state index is 10.2. The number of para-hydroxylation sites is 1. The molecular formula is C17H29NO. The maximum atomic E-state index is 10.2. The van der Waals surface area contributed by atoms with Crippen molar-refractivity contribution in [1.29, 1.82) is 0 Å². The summed E-state index contributed by atoms with van der Waals surface area (Å²) in [7, 11) is 0. The molecule has 0 saturated heterocycles. The zero-order chi connectivity index (χ0) is 14.1. The van der Waals surface area contributed by atoms with Crippen LogP contribution in [0, 0.1) is 0 Å². The van der Waals surface area contributed by atoms with Gasteiger partial charge in [-0.1, -0.05) is 51.8 Å². The van der Waals surface area contributed by atoms with Crippen molar-refractivity contribution in [3.63, 3.8) is 0 Å². The van der Waals surface area contributed by atoms with Gasteiger partial charge in [-0.05, 0) is 25.3 Å². The van der Waals surface area contributed by atoms with Crippen LogP contribution in [0.5, 0.6) is 0 Å². The molecule has 1 N–H and O–H groups in total. The molecule has 0 spiro atoms. The van der Waals surface area contributed by atoms with Crippen LogP contribution in [0.3, 0.4) is 0 Å². The fraction of sp³-hybridized carbons (Fsp3) is 0.647. The Morgan fingerprint density at radius 3 is 2.11 bits per heavy atom. The molecule has 0 saturated carbocycles. The quantitative estimate of drug-likeness (QED) is 0.707. The summed E-state index contributed by atoms with van der Waals surface area (Å²) in [6, 6.07) is 8.32. The molecule has 0 unspecified atom stereocenters. The molecule has 19 heavy (non-hydrogen) atoms. The molecule has 1 aromatic carbocycles. The van der Waals surface area contributed by atoms with Crippen LogP contribution < -0.4 is 4.90 Å². The van der Waals surface area contributed by atoms with Crippen molar-refractivity contribution in [1.82, 2.24) is 0 Å². The van der Waals surface area contributed by atoms with Gasteiger partial charge in [0.05, 0.1) is 6.10 Å². The van der Waals surface area contributed by atoms with Gasteiger partial charge in [0, 0.05) is 24.3 Å². The molecule has 108 valence electrons. The Hall–Kier alpha value is -1.02. The van der Waals surface area contributed by atoms with Crippen LogP contribution >= 0.6 is 0 Å². The van der Waals surface area contributed by atoms with Gasteiger partial charge in [-0.2, -0.15) is 0 Å². The molecule has 1 rings (SSSR count). The molecule has 0 fully saturated rings. The van der Waals surface area contributed by atoms with Gasteiger partial charge in [0.15, 0.2) is 0 Å². The molecular weight excluding hydrogens is 234 g/mol. The number of aliphatic hydroxyl groups is 1. The number of benzene rings is 1. The van der Waals surface area contributed by atoms with E-state index in [2.05, 4.69) is 36.9 Å². The van der Waals surface area contributed by atoms with E-state index in [1.807, 2.05) is 13.0 Å². The number of hydrogen-bond acceptors (Lipinski definition) is 2. The van der Waals surface area contributed by atoms with Crippen molar-refractivity contribution in [3.05, 3.63) is 29.8 Å². The highest BCUT2D eigenvalue weighted by Crippen LogP contribution is 2.28. The average molecular weight is 263 g/mol. The highest BCUT2D eigenvalue weighted by Gasteiger charge is 2.14. The summed E-state index contributed by atoms with van der Waals surface area (Å²) in [5, 5.41) is 10.2. The van der Waals surface area contributed by atoms with Crippen LogP contribution in [0.1, 0.15) is 64.5 Å². The third kappa shape index (κ3) is 4.87. The van der Waals surface area contributed by atoms with Crippen molar-refractivity contribution in [2.75, 3.05) is 18.0 Å². The van der Waals surface area contributed by atoms with E-state index in [0.717, 1.165) is 25.1 Å². The summed E-state index contributed by atoms with van der Waals surface area (Å²) < 4.78 is 0. The van der Waals surface area contributed by atoms with Crippen LogP contribution in [-0.2, 0) is 0 Å². The molecule has 2 heteroatoms. The Bertz CT molecular complexity index is 343. The van der Waals surface area contributed by atoms with Crippen LogP contribution in [0.15, 0.2) is 24.3 Å². The molecule has 0 aliphatic heterocycles. The minimum Gasteiger partial charge on any atom is -0.388 e. The third-order valence-electron chi connectivity index (χ3n) is 3.59. The Labute approximate surface area is 118 Å². The first-order valence-corrected chi connectivity index (χ1v) is 7.76. The van der Waals surface area contributed by atoms with E-state index in [1.54, 1.807) is 0 Å². The molecule has 2 nitrogen and oxygen atoms in total. The largest absolute Gasteiger partial charge is 0.388 e. The smallest absolute Gasteiger partial charge is 0.0807 e. The standard InChI is InChI=1S/C17H29NO/c1-4-7-13-18(14-8-5-2)16-12-10-9-11-15(16)17(19)6-3/h9-12,17,19H,4-8,13-14H2,1-3H3/t17-/m0/s1. The van der Waals surface area contributed by atoms with E-state index < -0.39 is 0 Å². The highest BCUT2D eigenvalue weighted by molar-refractivity contribution is 5.54. The lowest BCUT2D eigenvalue weighted by atomic mass is 10.0. The van der Waals surface area contributed by atoms with Crippen molar-refractivity contribution in [3.8, 4) is 0 Å². The van der Waals surface area contributed by atoms with Crippen LogP contribution in [0.2, 0.25) is 0 Å². The Balaban J connectivity index is 2.92. The normalized spacial score (nSPS) is 12.4. The predicted molar refractivity (Wildman–Crippen MR) is 83.7 cm³/mol. The first kappa shape index (κ1) is 16.0. The highest BCUT2D eigenvalue weighted by atomic mass is 16.3. The second-order valence-corrected chi connectivity index (χ2v) is 5.18. The number of unbranched alkanes of at least 4 members (excludes halogenated alkanes) is 2. The van der Waals surface area contributed by atoms with E-state index in [9.17, 15) is 5.11 Å². The number of rotatable bonds is 9. The van der Waals surface area contributed by atoms with E-state index in [-0.39, 0.29) is 6.10 Å². The zero-order valence-electron chi connectivity index (χ0n) is 12.7. The average Bonchev–Trinajstić information content (AvgIpc) is 2.47. The van der Waals surface area contributed by atoms with E-state index in [0.29, 0.717) is 0 Å². The zero-order valence-corrected chi connectivity index (χ0v) is 12.7. The van der Waals surface area contributed by atoms with Crippen molar-refractivity contribution < 1.29 is 5.11 Å². The van der Waals surface area contributed by atoms with Gasteiger partial charge in [0.1, 0.15) is 0 Å². The second-order valence-electron chi connectivity index (χ2n) is 5.18. The van der Waals surface area contributed by atoms with Gasteiger partial charge in [0.2, 0.25) is 0 Å². The van der Waals surface area contributed by atoms with Gasteiger partial charge in [-0.3, -0.25) is 0 Å². The number of anilines is 1. The van der Waals surface area contributed by atoms with Crippen molar-refractivity contribution in [2.24, 2.45) is 0 Å². The molecule has 1 atom stereocenters. The minimum atomic E-state index is -0.345. The Morgan fingerprint density at radius 1 is 1.00 bits per heavy atom. The lowest BCUT2D eigenvalue weighted by Gasteiger charge is -2.28. The molecule has 0 aliphatic rings. The van der Waals surface area contributed by atoms with Gasteiger partial charge in [-0.15, -0.1) is 0 Å². The van der Waals surface area contributed by atoms with Crippen LogP contribution in [0.25, 0.3) is 0 Å².